The van der Waals surface area contributed by atoms with Crippen LogP contribution in [0.4, 0.5) is 0 Å². The lowest BCUT2D eigenvalue weighted by Gasteiger charge is -2.28. The van der Waals surface area contributed by atoms with E-state index in [0.717, 1.165) is 25.9 Å². The van der Waals surface area contributed by atoms with Crippen molar-refractivity contribution >= 4 is 5.97 Å². The van der Waals surface area contributed by atoms with Crippen molar-refractivity contribution in [3.8, 4) is 0 Å². The number of ether oxygens (including phenoxy) is 1. The maximum absolute atomic E-state index is 11.0. The number of carbonyl (C=O) groups excluding carboxylic acids is 1. The van der Waals surface area contributed by atoms with E-state index >= 15 is 0 Å². The number of hydrogen-bond acceptors (Lipinski definition) is 4. The monoisotopic (exact) mass is 229 g/mol. The molecule has 0 saturated carbocycles. The number of likely N-dealkylation sites (tertiary alicyclic amines) is 1. The summed E-state index contributed by atoms with van der Waals surface area (Å²) in [5.41, 5.74) is 0. The van der Waals surface area contributed by atoms with Gasteiger partial charge in [-0.1, -0.05) is 12.8 Å². The van der Waals surface area contributed by atoms with Crippen molar-refractivity contribution in [1.29, 1.82) is 0 Å². The Kier molecular flexibility index (Phi) is 6.42. The molecule has 1 heterocycles. The van der Waals surface area contributed by atoms with Gasteiger partial charge in [0.2, 0.25) is 0 Å². The highest BCUT2D eigenvalue weighted by Crippen LogP contribution is 2.16. The minimum atomic E-state index is -0.143. The van der Waals surface area contributed by atoms with E-state index in [2.05, 4.69) is 9.64 Å². The molecule has 0 spiro atoms. The Morgan fingerprint density at radius 3 is 2.94 bits per heavy atom. The van der Waals surface area contributed by atoms with Crippen LogP contribution in [0.1, 0.15) is 38.5 Å². The molecule has 4 heteroatoms. The van der Waals surface area contributed by atoms with Gasteiger partial charge in [0.25, 0.3) is 0 Å². The van der Waals surface area contributed by atoms with E-state index in [4.69, 9.17) is 0 Å². The molecular formula is C12H23NO3. The lowest BCUT2D eigenvalue weighted by molar-refractivity contribution is -0.140. The van der Waals surface area contributed by atoms with Crippen molar-refractivity contribution in [3.05, 3.63) is 0 Å². The summed E-state index contributed by atoms with van der Waals surface area (Å²) < 4.78 is 4.61. The molecule has 0 bridgehead atoms. The summed E-state index contributed by atoms with van der Waals surface area (Å²) in [5.74, 6) is -0.143. The molecule has 0 radical (unpaired) electrons. The lowest BCUT2D eigenvalue weighted by Crippen LogP contribution is -2.38. The number of hydrogen-bond donors (Lipinski definition) is 1. The van der Waals surface area contributed by atoms with Crippen LogP contribution in [0.3, 0.4) is 0 Å². The average Bonchev–Trinajstić information content (AvgIpc) is 2.53. The number of esters is 1. The zero-order chi connectivity index (χ0) is 11.8. The third kappa shape index (κ3) is 4.49. The Hall–Kier alpha value is -0.610. The second kappa shape index (κ2) is 7.63. The highest BCUT2D eigenvalue weighted by molar-refractivity contribution is 5.69. The predicted molar refractivity (Wildman–Crippen MR) is 62.2 cm³/mol. The van der Waals surface area contributed by atoms with Gasteiger partial charge in [0.1, 0.15) is 0 Å². The molecule has 1 rings (SSSR count). The third-order valence-electron chi connectivity index (χ3n) is 3.26. The van der Waals surface area contributed by atoms with Gasteiger partial charge in [-0.15, -0.1) is 0 Å². The summed E-state index contributed by atoms with van der Waals surface area (Å²) in [7, 11) is 1.42. The molecule has 16 heavy (non-hydrogen) atoms. The smallest absolute Gasteiger partial charge is 0.305 e. The maximum atomic E-state index is 11.0. The van der Waals surface area contributed by atoms with Crippen LogP contribution >= 0.6 is 0 Å². The fourth-order valence-corrected chi connectivity index (χ4v) is 2.27. The molecule has 1 unspecified atom stereocenters. The first-order valence-corrected chi connectivity index (χ1v) is 6.19. The molecule has 0 aliphatic carbocycles. The van der Waals surface area contributed by atoms with E-state index in [9.17, 15) is 9.90 Å². The molecule has 94 valence electrons. The van der Waals surface area contributed by atoms with Crippen LogP contribution in [0, 0.1) is 0 Å². The van der Waals surface area contributed by atoms with E-state index in [1.54, 1.807) is 0 Å². The van der Waals surface area contributed by atoms with Gasteiger partial charge in [0.05, 0.1) is 13.7 Å². The average molecular weight is 229 g/mol. The van der Waals surface area contributed by atoms with Crippen molar-refractivity contribution in [2.24, 2.45) is 0 Å². The highest BCUT2D eigenvalue weighted by atomic mass is 16.5. The minimum Gasteiger partial charge on any atom is -0.469 e. The molecule has 1 aliphatic heterocycles. The summed E-state index contributed by atoms with van der Waals surface area (Å²) >= 11 is 0. The highest BCUT2D eigenvalue weighted by Gasteiger charge is 2.19. The lowest BCUT2D eigenvalue weighted by atomic mass is 10.1. The molecular weight excluding hydrogens is 206 g/mol. The maximum Gasteiger partial charge on any atom is 0.305 e. The van der Waals surface area contributed by atoms with E-state index in [1.165, 1.54) is 26.4 Å². The number of rotatable bonds is 5. The van der Waals surface area contributed by atoms with Gasteiger partial charge in [-0.05, 0) is 32.4 Å². The van der Waals surface area contributed by atoms with Crippen molar-refractivity contribution < 1.29 is 14.6 Å². The molecule has 1 aliphatic rings. The van der Waals surface area contributed by atoms with Crippen LogP contribution in [0.2, 0.25) is 0 Å². The Morgan fingerprint density at radius 2 is 2.25 bits per heavy atom. The molecule has 1 atom stereocenters. The summed E-state index contributed by atoms with van der Waals surface area (Å²) in [6.07, 6.45) is 6.04. The van der Waals surface area contributed by atoms with E-state index in [0.29, 0.717) is 12.5 Å². The first-order chi connectivity index (χ1) is 7.77. The molecule has 4 nitrogen and oxygen atoms in total. The number of aliphatic hydroxyl groups excluding tert-OH is 1. The van der Waals surface area contributed by atoms with Gasteiger partial charge >= 0.3 is 5.97 Å². The zero-order valence-electron chi connectivity index (χ0n) is 10.2. The fourth-order valence-electron chi connectivity index (χ4n) is 2.27. The number of nitrogens with zero attached hydrogens (tertiary/aromatic N) is 1. The van der Waals surface area contributed by atoms with Crippen LogP contribution in [0.15, 0.2) is 0 Å². The molecule has 0 aromatic carbocycles. The first kappa shape index (κ1) is 13.5. The van der Waals surface area contributed by atoms with Gasteiger partial charge in [0, 0.05) is 12.5 Å². The van der Waals surface area contributed by atoms with Crippen LogP contribution in [0.5, 0.6) is 0 Å². The fraction of sp³-hybridized carbons (Fsp3) is 0.917. The van der Waals surface area contributed by atoms with Gasteiger partial charge in [-0.2, -0.15) is 0 Å². The van der Waals surface area contributed by atoms with E-state index < -0.39 is 0 Å². The normalized spacial score (nSPS) is 22.8. The van der Waals surface area contributed by atoms with Crippen LogP contribution in [-0.4, -0.2) is 48.8 Å². The summed E-state index contributed by atoms with van der Waals surface area (Å²) in [6, 6.07) is 0.292. The zero-order valence-corrected chi connectivity index (χ0v) is 10.2. The van der Waals surface area contributed by atoms with Crippen molar-refractivity contribution in [3.63, 3.8) is 0 Å². The van der Waals surface area contributed by atoms with Crippen molar-refractivity contribution in [2.75, 3.05) is 26.8 Å². The topological polar surface area (TPSA) is 49.8 Å². The van der Waals surface area contributed by atoms with E-state index in [1.807, 2.05) is 0 Å². The van der Waals surface area contributed by atoms with Crippen molar-refractivity contribution in [2.45, 2.75) is 44.6 Å². The first-order valence-electron chi connectivity index (χ1n) is 6.19. The molecule has 0 aromatic heterocycles. The van der Waals surface area contributed by atoms with Gasteiger partial charge < -0.3 is 9.84 Å². The molecule has 1 N–H and O–H groups in total. The Morgan fingerprint density at radius 1 is 1.44 bits per heavy atom. The van der Waals surface area contributed by atoms with Crippen LogP contribution in [-0.2, 0) is 9.53 Å². The quantitative estimate of drug-likeness (QED) is 0.719. The molecule has 0 amide bonds. The second-order valence-electron chi connectivity index (χ2n) is 4.40. The number of methoxy groups -OCH3 is 1. The van der Waals surface area contributed by atoms with Gasteiger partial charge in [-0.3, -0.25) is 9.69 Å². The minimum absolute atomic E-state index is 0.143. The van der Waals surface area contributed by atoms with Crippen molar-refractivity contribution in [1.82, 2.24) is 4.90 Å². The standard InChI is InChI=1S/C12H23NO3/c1-16-12(15)7-5-9-13-8-4-2-3-6-11(13)10-14/h11,14H,2-10H2,1H3. The van der Waals surface area contributed by atoms with Crippen LogP contribution < -0.4 is 0 Å². The second-order valence-corrected chi connectivity index (χ2v) is 4.40. The Bertz CT molecular complexity index is 208. The van der Waals surface area contributed by atoms with Gasteiger partial charge in [0.15, 0.2) is 0 Å². The third-order valence-corrected chi connectivity index (χ3v) is 3.26. The summed E-state index contributed by atoms with van der Waals surface area (Å²) in [5, 5.41) is 9.31. The SMILES string of the molecule is COC(=O)CCCN1CCCCCC1CO. The summed E-state index contributed by atoms with van der Waals surface area (Å²) in [6.45, 7) is 2.17. The number of aliphatic hydroxyl groups is 1. The Balaban J connectivity index is 2.28. The summed E-state index contributed by atoms with van der Waals surface area (Å²) in [4.78, 5) is 13.3. The number of carbonyl (C=O) groups is 1. The molecule has 0 aromatic rings. The van der Waals surface area contributed by atoms with E-state index in [-0.39, 0.29) is 12.6 Å². The predicted octanol–water partition coefficient (Wildman–Crippen LogP) is 1.18. The Labute approximate surface area is 97.6 Å². The molecule has 1 saturated heterocycles. The van der Waals surface area contributed by atoms with Gasteiger partial charge in [-0.25, -0.2) is 0 Å². The van der Waals surface area contributed by atoms with Crippen LogP contribution in [0.25, 0.3) is 0 Å². The molecule has 1 fully saturated rings. The largest absolute Gasteiger partial charge is 0.469 e.